The second-order valence-electron chi connectivity index (χ2n) is 4.93. The molecule has 0 radical (unpaired) electrons. The molecule has 1 atom stereocenters. The zero-order valence-electron chi connectivity index (χ0n) is 11.0. The predicted molar refractivity (Wildman–Crippen MR) is 71.8 cm³/mol. The molecule has 1 N–H and O–H groups in total. The van der Waals surface area contributed by atoms with E-state index in [1.165, 1.54) is 12.8 Å². The highest BCUT2D eigenvalue weighted by Gasteiger charge is 2.20. The Hall–Kier alpha value is -1.81. The van der Waals surface area contributed by atoms with Gasteiger partial charge in [-0.05, 0) is 25.3 Å². The minimum absolute atomic E-state index is 0.0657. The summed E-state index contributed by atoms with van der Waals surface area (Å²) < 4.78 is 11.0. The summed E-state index contributed by atoms with van der Waals surface area (Å²) in [4.78, 5) is 4.32. The van der Waals surface area contributed by atoms with E-state index in [1.54, 1.807) is 6.26 Å². The van der Waals surface area contributed by atoms with Gasteiger partial charge in [-0.25, -0.2) is 0 Å². The van der Waals surface area contributed by atoms with E-state index in [9.17, 15) is 0 Å². The Morgan fingerprint density at radius 1 is 1.37 bits per heavy atom. The molecule has 3 rings (SSSR count). The van der Waals surface area contributed by atoms with Crippen molar-refractivity contribution in [2.45, 2.75) is 38.5 Å². The summed E-state index contributed by atoms with van der Waals surface area (Å²) in [6.07, 6.45) is 4.47. The second kappa shape index (κ2) is 5.45. The Morgan fingerprint density at radius 3 is 2.89 bits per heavy atom. The van der Waals surface area contributed by atoms with Crippen LogP contribution in [0.4, 0.5) is 0 Å². The first kappa shape index (κ1) is 12.2. The molecule has 100 valence electrons. The lowest BCUT2D eigenvalue weighted by atomic mass is 10.1. The molecule has 4 heteroatoms. The van der Waals surface area contributed by atoms with Gasteiger partial charge in [0.1, 0.15) is 12.4 Å². The maximum Gasteiger partial charge on any atom is 0.394 e. The number of aromatic nitrogens is 1. The fraction of sp³-hybridized carbons (Fsp3) is 0.400. The quantitative estimate of drug-likeness (QED) is 0.865. The molecule has 1 saturated carbocycles. The normalized spacial score (nSPS) is 16.3. The molecule has 1 aliphatic carbocycles. The van der Waals surface area contributed by atoms with Gasteiger partial charge in [0.2, 0.25) is 0 Å². The van der Waals surface area contributed by atoms with Gasteiger partial charge in [0.05, 0.1) is 5.69 Å². The molecule has 0 aliphatic heterocycles. The number of benzene rings is 1. The van der Waals surface area contributed by atoms with E-state index >= 15 is 0 Å². The lowest BCUT2D eigenvalue weighted by Crippen LogP contribution is -2.15. The van der Waals surface area contributed by atoms with Crippen LogP contribution in [0.15, 0.2) is 41.0 Å². The number of nitrogens with zero attached hydrogens (tertiary/aromatic N) is 1. The van der Waals surface area contributed by atoms with Crippen molar-refractivity contribution in [1.29, 1.82) is 0 Å². The summed E-state index contributed by atoms with van der Waals surface area (Å²) in [6, 6.07) is 10.7. The lowest BCUT2D eigenvalue weighted by Gasteiger charge is -2.10. The van der Waals surface area contributed by atoms with Crippen molar-refractivity contribution in [3.8, 4) is 6.08 Å². The van der Waals surface area contributed by atoms with Crippen LogP contribution in [0.5, 0.6) is 6.08 Å². The SMILES string of the molecule is CC(Oc1nc(CNC2CC2)co1)c1ccccc1. The molecule has 4 nitrogen and oxygen atoms in total. The van der Waals surface area contributed by atoms with E-state index < -0.39 is 0 Å². The van der Waals surface area contributed by atoms with E-state index in [0.717, 1.165) is 17.8 Å². The van der Waals surface area contributed by atoms with E-state index in [1.807, 2.05) is 37.3 Å². The zero-order chi connectivity index (χ0) is 13.1. The molecule has 1 aromatic carbocycles. The van der Waals surface area contributed by atoms with Crippen LogP contribution in [0.1, 0.15) is 37.1 Å². The molecule has 1 unspecified atom stereocenters. The minimum atomic E-state index is -0.0657. The maximum absolute atomic E-state index is 5.70. The zero-order valence-corrected chi connectivity index (χ0v) is 11.0. The summed E-state index contributed by atoms with van der Waals surface area (Å²) in [5, 5.41) is 3.39. The summed E-state index contributed by atoms with van der Waals surface area (Å²) in [5.74, 6) is 0. The number of nitrogens with one attached hydrogen (secondary N) is 1. The van der Waals surface area contributed by atoms with E-state index in [2.05, 4.69) is 10.3 Å². The molecule has 0 bridgehead atoms. The maximum atomic E-state index is 5.70. The molecule has 0 spiro atoms. The average Bonchev–Trinajstić information content (AvgIpc) is 3.17. The number of hydrogen-bond donors (Lipinski definition) is 1. The van der Waals surface area contributed by atoms with Crippen LogP contribution < -0.4 is 10.1 Å². The van der Waals surface area contributed by atoms with Gasteiger partial charge in [-0.2, -0.15) is 4.98 Å². The summed E-state index contributed by atoms with van der Waals surface area (Å²) in [6.45, 7) is 2.74. The van der Waals surface area contributed by atoms with Crippen LogP contribution in [0.3, 0.4) is 0 Å². The molecule has 1 aromatic heterocycles. The minimum Gasteiger partial charge on any atom is -0.442 e. The monoisotopic (exact) mass is 258 g/mol. The van der Waals surface area contributed by atoms with Crippen molar-refractivity contribution in [2.24, 2.45) is 0 Å². The molecule has 1 heterocycles. The van der Waals surface area contributed by atoms with Gasteiger partial charge >= 0.3 is 6.08 Å². The highest BCUT2D eigenvalue weighted by Crippen LogP contribution is 2.22. The lowest BCUT2D eigenvalue weighted by molar-refractivity contribution is 0.163. The van der Waals surface area contributed by atoms with Gasteiger partial charge in [-0.1, -0.05) is 30.3 Å². The van der Waals surface area contributed by atoms with Crippen molar-refractivity contribution in [3.05, 3.63) is 47.9 Å². The van der Waals surface area contributed by atoms with Gasteiger partial charge in [-0.3, -0.25) is 0 Å². The summed E-state index contributed by atoms with van der Waals surface area (Å²) in [5.41, 5.74) is 2.00. The third-order valence-corrected chi connectivity index (χ3v) is 3.23. The van der Waals surface area contributed by atoms with Crippen molar-refractivity contribution in [1.82, 2.24) is 10.3 Å². The van der Waals surface area contributed by atoms with E-state index in [4.69, 9.17) is 9.15 Å². The fourth-order valence-corrected chi connectivity index (χ4v) is 1.90. The topological polar surface area (TPSA) is 47.3 Å². The van der Waals surface area contributed by atoms with Crippen LogP contribution in [-0.4, -0.2) is 11.0 Å². The summed E-state index contributed by atoms with van der Waals surface area (Å²) in [7, 11) is 0. The van der Waals surface area contributed by atoms with Crippen molar-refractivity contribution >= 4 is 0 Å². The highest BCUT2D eigenvalue weighted by molar-refractivity contribution is 5.17. The Morgan fingerprint density at radius 2 is 2.16 bits per heavy atom. The van der Waals surface area contributed by atoms with Crippen molar-refractivity contribution < 1.29 is 9.15 Å². The first-order valence-electron chi connectivity index (χ1n) is 6.70. The van der Waals surface area contributed by atoms with Gasteiger partial charge in [0, 0.05) is 12.6 Å². The molecule has 1 aliphatic rings. The van der Waals surface area contributed by atoms with Crippen molar-refractivity contribution in [3.63, 3.8) is 0 Å². The van der Waals surface area contributed by atoms with E-state index in [0.29, 0.717) is 12.1 Å². The number of hydrogen-bond acceptors (Lipinski definition) is 4. The van der Waals surface area contributed by atoms with Gasteiger partial charge in [0.15, 0.2) is 0 Å². The third-order valence-electron chi connectivity index (χ3n) is 3.23. The van der Waals surface area contributed by atoms with Gasteiger partial charge in [-0.15, -0.1) is 0 Å². The van der Waals surface area contributed by atoms with Crippen LogP contribution in [0, 0.1) is 0 Å². The van der Waals surface area contributed by atoms with Gasteiger partial charge < -0.3 is 14.5 Å². The first-order chi connectivity index (χ1) is 9.31. The molecule has 0 saturated heterocycles. The molecular formula is C15H18N2O2. The Balaban J connectivity index is 1.56. The van der Waals surface area contributed by atoms with Crippen LogP contribution in [-0.2, 0) is 6.54 Å². The second-order valence-corrected chi connectivity index (χ2v) is 4.93. The van der Waals surface area contributed by atoms with Crippen LogP contribution in [0.2, 0.25) is 0 Å². The molecule has 1 fully saturated rings. The predicted octanol–water partition coefficient (Wildman–Crippen LogP) is 3.07. The number of rotatable bonds is 6. The Labute approximate surface area is 112 Å². The van der Waals surface area contributed by atoms with Gasteiger partial charge in [0.25, 0.3) is 0 Å². The molecule has 19 heavy (non-hydrogen) atoms. The molecule has 0 amide bonds. The summed E-state index contributed by atoms with van der Waals surface area (Å²) >= 11 is 0. The number of ether oxygens (including phenoxy) is 1. The molecular weight excluding hydrogens is 240 g/mol. The number of oxazole rings is 1. The van der Waals surface area contributed by atoms with Crippen LogP contribution in [0.25, 0.3) is 0 Å². The Kier molecular flexibility index (Phi) is 3.51. The van der Waals surface area contributed by atoms with Crippen LogP contribution >= 0.6 is 0 Å². The standard InChI is InChI=1S/C15H18N2O2/c1-11(12-5-3-2-4-6-12)19-15-17-14(10-18-15)9-16-13-7-8-13/h2-6,10-11,13,16H,7-9H2,1H3. The third kappa shape index (κ3) is 3.35. The smallest absolute Gasteiger partial charge is 0.394 e. The molecule has 2 aromatic rings. The largest absolute Gasteiger partial charge is 0.442 e. The van der Waals surface area contributed by atoms with E-state index in [-0.39, 0.29) is 6.10 Å². The van der Waals surface area contributed by atoms with Crippen molar-refractivity contribution in [2.75, 3.05) is 0 Å². The Bertz CT molecular complexity index is 520. The fourth-order valence-electron chi connectivity index (χ4n) is 1.90. The first-order valence-corrected chi connectivity index (χ1v) is 6.70. The highest BCUT2D eigenvalue weighted by atomic mass is 16.6. The average molecular weight is 258 g/mol.